The summed E-state index contributed by atoms with van der Waals surface area (Å²) in [5, 5.41) is 19.5. The van der Waals surface area contributed by atoms with Crippen LogP contribution >= 0.6 is 0 Å². The van der Waals surface area contributed by atoms with Gasteiger partial charge in [0.2, 0.25) is 5.69 Å². The lowest BCUT2D eigenvalue weighted by Gasteiger charge is -2.09. The molecule has 0 spiro atoms. The molecule has 0 unspecified atom stereocenters. The molecule has 0 aliphatic carbocycles. The average Bonchev–Trinajstić information content (AvgIpc) is 3.15. The molecule has 12 nitrogen and oxygen atoms in total. The Morgan fingerprint density at radius 1 is 1.23 bits per heavy atom. The van der Waals surface area contributed by atoms with Crippen LogP contribution in [0.5, 0.6) is 5.75 Å². The second-order valence-corrected chi connectivity index (χ2v) is 6.72. The maximum Gasteiger partial charge on any atom is 0.362 e. The molecule has 12 heteroatoms. The maximum absolute atomic E-state index is 12.2. The van der Waals surface area contributed by atoms with Crippen molar-refractivity contribution in [2.75, 3.05) is 19.8 Å². The molecule has 2 rings (SSSR count). The first-order valence-corrected chi connectivity index (χ1v) is 9.43. The number of nitrogens with one attached hydrogen (secondary N) is 2. The third kappa shape index (κ3) is 6.80. The molecule has 2 aromatic rings. The van der Waals surface area contributed by atoms with Crippen LogP contribution in [-0.4, -0.2) is 52.4 Å². The Hall–Kier alpha value is -3.96. The third-order valence-corrected chi connectivity index (χ3v) is 3.76. The van der Waals surface area contributed by atoms with Gasteiger partial charge in [0.15, 0.2) is 12.4 Å². The fourth-order valence-electron chi connectivity index (χ4n) is 2.31. The number of non-ortho nitro benzene ring substituents is 1. The molecule has 0 aliphatic heterocycles. The van der Waals surface area contributed by atoms with E-state index < -0.39 is 29.4 Å². The van der Waals surface area contributed by atoms with Crippen molar-refractivity contribution in [2.24, 2.45) is 5.92 Å². The van der Waals surface area contributed by atoms with E-state index in [9.17, 15) is 24.5 Å². The van der Waals surface area contributed by atoms with Crippen LogP contribution in [0.1, 0.15) is 31.3 Å². The summed E-state index contributed by atoms with van der Waals surface area (Å²) in [6.45, 7) is 5.38. The predicted octanol–water partition coefficient (Wildman–Crippen LogP) is 1.82. The van der Waals surface area contributed by atoms with Crippen molar-refractivity contribution in [2.45, 2.75) is 20.8 Å². The van der Waals surface area contributed by atoms with Gasteiger partial charge in [-0.2, -0.15) is 5.10 Å². The number of hydrogen-bond donors (Lipinski definition) is 2. The van der Waals surface area contributed by atoms with Crippen molar-refractivity contribution in [3.8, 4) is 11.4 Å². The Morgan fingerprint density at radius 3 is 2.48 bits per heavy atom. The number of benzene rings is 1. The zero-order valence-electron chi connectivity index (χ0n) is 17.3. The molecule has 1 aromatic carbocycles. The van der Waals surface area contributed by atoms with Crippen molar-refractivity contribution in [1.29, 1.82) is 0 Å². The van der Waals surface area contributed by atoms with Crippen LogP contribution in [0.4, 0.5) is 10.5 Å². The van der Waals surface area contributed by atoms with Crippen LogP contribution in [0.25, 0.3) is 5.69 Å². The normalized spacial score (nSPS) is 10.5. The molecule has 3 amide bonds. The summed E-state index contributed by atoms with van der Waals surface area (Å²) in [4.78, 5) is 46.1. The molecule has 0 fully saturated rings. The average molecular weight is 433 g/mol. The highest BCUT2D eigenvalue weighted by Gasteiger charge is 2.21. The molecule has 31 heavy (non-hydrogen) atoms. The number of nitrogens with zero attached hydrogens (tertiary/aromatic N) is 3. The summed E-state index contributed by atoms with van der Waals surface area (Å²) in [7, 11) is 0. The molecule has 0 bridgehead atoms. The van der Waals surface area contributed by atoms with Gasteiger partial charge < -0.3 is 14.8 Å². The Labute approximate surface area is 177 Å². The Bertz CT molecular complexity index is 953. The van der Waals surface area contributed by atoms with Crippen molar-refractivity contribution >= 4 is 23.6 Å². The van der Waals surface area contributed by atoms with Crippen LogP contribution in [0.2, 0.25) is 0 Å². The van der Waals surface area contributed by atoms with Crippen molar-refractivity contribution in [3.63, 3.8) is 0 Å². The lowest BCUT2D eigenvalue weighted by atomic mass is 10.2. The van der Waals surface area contributed by atoms with Crippen LogP contribution in [0.15, 0.2) is 30.5 Å². The summed E-state index contributed by atoms with van der Waals surface area (Å²) >= 11 is 0. The van der Waals surface area contributed by atoms with Gasteiger partial charge >= 0.3 is 12.0 Å². The SMILES string of the molecule is CCOC(=O)c1nn(-c2ccc([N+](=O)[O-])cc2)cc1OCC(=O)NC(=O)NCC(C)C. The number of carbonyl (C=O) groups is 3. The third-order valence-electron chi connectivity index (χ3n) is 3.76. The van der Waals surface area contributed by atoms with E-state index in [2.05, 4.69) is 15.7 Å². The smallest absolute Gasteiger partial charge is 0.362 e. The van der Waals surface area contributed by atoms with E-state index in [-0.39, 0.29) is 29.7 Å². The highest BCUT2D eigenvalue weighted by atomic mass is 16.6. The quantitative estimate of drug-likeness (QED) is 0.345. The van der Waals surface area contributed by atoms with E-state index in [1.54, 1.807) is 6.92 Å². The first kappa shape index (κ1) is 23.3. The highest BCUT2D eigenvalue weighted by Crippen LogP contribution is 2.22. The summed E-state index contributed by atoms with van der Waals surface area (Å²) in [5.74, 6) is -1.32. The van der Waals surface area contributed by atoms with E-state index in [4.69, 9.17) is 9.47 Å². The van der Waals surface area contributed by atoms with Gasteiger partial charge in [0.25, 0.3) is 11.6 Å². The van der Waals surface area contributed by atoms with E-state index in [0.717, 1.165) is 0 Å². The number of imide groups is 1. The summed E-state index contributed by atoms with van der Waals surface area (Å²) in [6, 6.07) is 4.79. The number of aromatic nitrogens is 2. The number of hydrogen-bond acceptors (Lipinski definition) is 8. The van der Waals surface area contributed by atoms with Gasteiger partial charge in [-0.1, -0.05) is 13.8 Å². The van der Waals surface area contributed by atoms with E-state index >= 15 is 0 Å². The van der Waals surface area contributed by atoms with Crippen LogP contribution in [0.3, 0.4) is 0 Å². The van der Waals surface area contributed by atoms with Crippen molar-refractivity contribution in [3.05, 3.63) is 46.3 Å². The molecule has 0 atom stereocenters. The zero-order chi connectivity index (χ0) is 23.0. The molecular weight excluding hydrogens is 410 g/mol. The predicted molar refractivity (Wildman–Crippen MR) is 108 cm³/mol. The van der Waals surface area contributed by atoms with E-state index in [1.165, 1.54) is 35.1 Å². The van der Waals surface area contributed by atoms with E-state index in [1.807, 2.05) is 13.8 Å². The largest absolute Gasteiger partial charge is 0.480 e. The minimum atomic E-state index is -0.770. The van der Waals surface area contributed by atoms with Gasteiger partial charge in [0.1, 0.15) is 0 Å². The van der Waals surface area contributed by atoms with Crippen LogP contribution < -0.4 is 15.4 Å². The van der Waals surface area contributed by atoms with Crippen LogP contribution in [-0.2, 0) is 9.53 Å². The van der Waals surface area contributed by atoms with Crippen molar-refractivity contribution in [1.82, 2.24) is 20.4 Å². The number of rotatable bonds is 9. The number of nitro benzene ring substituents is 1. The first-order valence-electron chi connectivity index (χ1n) is 9.43. The first-order chi connectivity index (χ1) is 14.7. The number of amides is 3. The topological polar surface area (TPSA) is 155 Å². The molecule has 166 valence electrons. The maximum atomic E-state index is 12.2. The number of ether oxygens (including phenoxy) is 2. The van der Waals surface area contributed by atoms with Gasteiger partial charge in [0, 0.05) is 18.7 Å². The molecule has 2 N–H and O–H groups in total. The number of esters is 1. The van der Waals surface area contributed by atoms with Gasteiger partial charge in [-0.15, -0.1) is 0 Å². The molecule has 0 radical (unpaired) electrons. The second-order valence-electron chi connectivity index (χ2n) is 6.72. The van der Waals surface area contributed by atoms with Gasteiger partial charge in [-0.25, -0.2) is 14.3 Å². The zero-order valence-corrected chi connectivity index (χ0v) is 17.3. The monoisotopic (exact) mass is 433 g/mol. The lowest BCUT2D eigenvalue weighted by Crippen LogP contribution is -2.42. The summed E-state index contributed by atoms with van der Waals surface area (Å²) < 4.78 is 11.6. The number of urea groups is 1. The molecule has 0 aliphatic rings. The van der Waals surface area contributed by atoms with Crippen LogP contribution in [0, 0.1) is 16.0 Å². The Kier molecular flexibility index (Phi) is 8.06. The minimum absolute atomic E-state index is 0.0467. The van der Waals surface area contributed by atoms with E-state index in [0.29, 0.717) is 12.2 Å². The molecular formula is C19H23N5O7. The second kappa shape index (κ2) is 10.7. The standard InChI is InChI=1S/C19H23N5O7/c1-4-30-18(26)17-15(31-11-16(25)21-19(27)20-9-12(2)3)10-23(22-17)13-5-7-14(8-6-13)24(28)29/h5-8,10,12H,4,9,11H2,1-3H3,(H2,20,21,25,27). The van der Waals surface area contributed by atoms with Gasteiger partial charge in [-0.05, 0) is 25.0 Å². The number of carbonyl (C=O) groups excluding carboxylic acids is 3. The molecule has 0 saturated heterocycles. The fourth-order valence-corrected chi connectivity index (χ4v) is 2.31. The highest BCUT2D eigenvalue weighted by molar-refractivity contribution is 5.95. The Balaban J connectivity index is 2.13. The molecule has 1 aromatic heterocycles. The summed E-state index contributed by atoms with van der Waals surface area (Å²) in [6.07, 6.45) is 1.33. The Morgan fingerprint density at radius 2 is 1.90 bits per heavy atom. The van der Waals surface area contributed by atoms with Crippen molar-refractivity contribution < 1.29 is 28.8 Å². The van der Waals surface area contributed by atoms with Gasteiger partial charge in [-0.3, -0.25) is 20.2 Å². The molecule has 0 saturated carbocycles. The molecule has 1 heterocycles. The van der Waals surface area contributed by atoms with Gasteiger partial charge in [0.05, 0.1) is 23.4 Å². The lowest BCUT2D eigenvalue weighted by molar-refractivity contribution is -0.384. The fraction of sp³-hybridized carbons (Fsp3) is 0.368. The summed E-state index contributed by atoms with van der Waals surface area (Å²) in [5.41, 5.74) is 0.131. The number of nitro groups is 1. The minimum Gasteiger partial charge on any atom is -0.480 e.